The molecule has 0 bridgehead atoms. The summed E-state index contributed by atoms with van der Waals surface area (Å²) in [5, 5.41) is 5.65. The summed E-state index contributed by atoms with van der Waals surface area (Å²) in [4.78, 5) is 12.1. The summed E-state index contributed by atoms with van der Waals surface area (Å²) in [6, 6.07) is 3.61. The molecule has 1 heterocycles. The van der Waals surface area contributed by atoms with E-state index < -0.39 is 17.6 Å². The van der Waals surface area contributed by atoms with Gasteiger partial charge in [0.05, 0.1) is 24.8 Å². The lowest BCUT2D eigenvalue weighted by molar-refractivity contribution is -0.120. The summed E-state index contributed by atoms with van der Waals surface area (Å²) in [6.45, 7) is 3.54. The van der Waals surface area contributed by atoms with Crippen LogP contribution in [0.15, 0.2) is 18.2 Å². The third-order valence-electron chi connectivity index (χ3n) is 3.28. The van der Waals surface area contributed by atoms with Crippen molar-refractivity contribution in [2.45, 2.75) is 19.4 Å². The quantitative estimate of drug-likeness (QED) is 0.868. The van der Waals surface area contributed by atoms with E-state index in [2.05, 4.69) is 10.6 Å². The van der Waals surface area contributed by atoms with Gasteiger partial charge < -0.3 is 15.4 Å². The van der Waals surface area contributed by atoms with E-state index in [0.29, 0.717) is 6.61 Å². The van der Waals surface area contributed by atoms with Gasteiger partial charge in [0.1, 0.15) is 0 Å². The second-order valence-corrected chi connectivity index (χ2v) is 4.80. The number of carbonyl (C=O) groups is 1. The number of hydrogen-bond donors (Lipinski definition) is 2. The maximum atomic E-state index is 13.5. The van der Waals surface area contributed by atoms with Crippen LogP contribution in [0.4, 0.5) is 14.5 Å². The Morgan fingerprint density at radius 3 is 2.95 bits per heavy atom. The third kappa shape index (κ3) is 3.32. The molecule has 6 heteroatoms. The van der Waals surface area contributed by atoms with Crippen LogP contribution in [0.25, 0.3) is 0 Å². The number of hydrogen-bond acceptors (Lipinski definition) is 3. The lowest BCUT2D eigenvalue weighted by Gasteiger charge is -2.18. The van der Waals surface area contributed by atoms with Crippen molar-refractivity contribution in [3.63, 3.8) is 0 Å². The van der Waals surface area contributed by atoms with Gasteiger partial charge in [0.25, 0.3) is 0 Å². The predicted molar refractivity (Wildman–Crippen MR) is 71.4 cm³/mol. The minimum Gasteiger partial charge on any atom is -0.379 e. The molecule has 2 atom stereocenters. The zero-order valence-corrected chi connectivity index (χ0v) is 11.3. The molecule has 2 rings (SSSR count). The molecule has 2 unspecified atom stereocenters. The highest BCUT2D eigenvalue weighted by atomic mass is 19.2. The van der Waals surface area contributed by atoms with Crippen LogP contribution in [0, 0.1) is 17.6 Å². The molecule has 1 saturated heterocycles. The first kappa shape index (κ1) is 14.9. The minimum atomic E-state index is -1.04. The van der Waals surface area contributed by atoms with Gasteiger partial charge in [-0.2, -0.15) is 0 Å². The second kappa shape index (κ2) is 6.76. The average molecular weight is 284 g/mol. The van der Waals surface area contributed by atoms with Crippen LogP contribution in [0.2, 0.25) is 0 Å². The molecule has 0 aromatic heterocycles. The number of amides is 1. The van der Waals surface area contributed by atoms with Crippen molar-refractivity contribution in [3.8, 4) is 0 Å². The van der Waals surface area contributed by atoms with Crippen molar-refractivity contribution in [2.75, 3.05) is 25.1 Å². The fraction of sp³-hybridized carbons (Fsp3) is 0.500. The lowest BCUT2D eigenvalue weighted by atomic mass is 10.0. The Labute approximate surface area is 116 Å². The topological polar surface area (TPSA) is 50.4 Å². The molecular formula is C14H18F2N2O2. The Balaban J connectivity index is 2.02. The Bertz CT molecular complexity index is 482. The standard InChI is InChI=1S/C14H18F2N2O2/c1-2-6-17-12-8-20-7-9(12)14(19)18-11-5-3-4-10(15)13(11)16/h3-5,9,12,17H,2,6-8H2,1H3,(H,18,19). The van der Waals surface area contributed by atoms with Gasteiger partial charge in [-0.15, -0.1) is 0 Å². The Morgan fingerprint density at radius 1 is 1.40 bits per heavy atom. The molecule has 0 saturated carbocycles. The normalized spacial score (nSPS) is 21.9. The Morgan fingerprint density at radius 2 is 2.20 bits per heavy atom. The summed E-state index contributed by atoms with van der Waals surface area (Å²) < 4.78 is 31.9. The number of anilines is 1. The van der Waals surface area contributed by atoms with Gasteiger partial charge in [-0.3, -0.25) is 4.79 Å². The molecule has 0 aliphatic carbocycles. The van der Waals surface area contributed by atoms with E-state index in [1.54, 1.807) is 0 Å². The van der Waals surface area contributed by atoms with Crippen LogP contribution in [-0.4, -0.2) is 31.7 Å². The molecule has 1 aromatic carbocycles. The van der Waals surface area contributed by atoms with Gasteiger partial charge in [0.2, 0.25) is 5.91 Å². The minimum absolute atomic E-state index is 0.0911. The van der Waals surface area contributed by atoms with E-state index in [1.807, 2.05) is 6.92 Å². The first-order valence-electron chi connectivity index (χ1n) is 6.69. The maximum absolute atomic E-state index is 13.5. The number of halogens is 2. The molecule has 1 aliphatic rings. The zero-order valence-electron chi connectivity index (χ0n) is 11.3. The van der Waals surface area contributed by atoms with Gasteiger partial charge >= 0.3 is 0 Å². The monoisotopic (exact) mass is 284 g/mol. The van der Waals surface area contributed by atoms with Crippen molar-refractivity contribution in [3.05, 3.63) is 29.8 Å². The van der Waals surface area contributed by atoms with Crippen LogP contribution in [0.5, 0.6) is 0 Å². The van der Waals surface area contributed by atoms with Gasteiger partial charge in [0.15, 0.2) is 11.6 Å². The van der Waals surface area contributed by atoms with Gasteiger partial charge in [-0.1, -0.05) is 13.0 Å². The molecule has 110 valence electrons. The number of carbonyl (C=O) groups excluding carboxylic acids is 1. The molecule has 0 spiro atoms. The first-order chi connectivity index (χ1) is 9.63. The summed E-state index contributed by atoms with van der Waals surface area (Å²) in [5.74, 6) is -2.78. The first-order valence-corrected chi connectivity index (χ1v) is 6.69. The van der Waals surface area contributed by atoms with E-state index in [0.717, 1.165) is 19.0 Å². The zero-order chi connectivity index (χ0) is 14.5. The fourth-order valence-electron chi connectivity index (χ4n) is 2.17. The van der Waals surface area contributed by atoms with E-state index in [9.17, 15) is 13.6 Å². The largest absolute Gasteiger partial charge is 0.379 e. The highest BCUT2D eigenvalue weighted by molar-refractivity contribution is 5.93. The number of nitrogens with one attached hydrogen (secondary N) is 2. The summed E-state index contributed by atoms with van der Waals surface area (Å²) in [5.41, 5.74) is -0.142. The van der Waals surface area contributed by atoms with E-state index in [1.165, 1.54) is 12.1 Å². The summed E-state index contributed by atoms with van der Waals surface area (Å²) in [6.07, 6.45) is 0.948. The smallest absolute Gasteiger partial charge is 0.231 e. The van der Waals surface area contributed by atoms with E-state index in [-0.39, 0.29) is 24.2 Å². The van der Waals surface area contributed by atoms with Gasteiger partial charge in [-0.25, -0.2) is 8.78 Å². The molecule has 4 nitrogen and oxygen atoms in total. The van der Waals surface area contributed by atoms with Gasteiger partial charge in [-0.05, 0) is 25.1 Å². The van der Waals surface area contributed by atoms with Crippen LogP contribution in [0.3, 0.4) is 0 Å². The maximum Gasteiger partial charge on any atom is 0.231 e. The molecule has 2 N–H and O–H groups in total. The molecule has 1 fully saturated rings. The molecular weight excluding hydrogens is 266 g/mol. The van der Waals surface area contributed by atoms with Crippen molar-refractivity contribution in [2.24, 2.45) is 5.92 Å². The fourth-order valence-corrected chi connectivity index (χ4v) is 2.17. The molecule has 1 aromatic rings. The number of ether oxygens (including phenoxy) is 1. The Hall–Kier alpha value is -1.53. The van der Waals surface area contributed by atoms with E-state index in [4.69, 9.17) is 4.74 Å². The van der Waals surface area contributed by atoms with Crippen molar-refractivity contribution in [1.82, 2.24) is 5.32 Å². The third-order valence-corrected chi connectivity index (χ3v) is 3.28. The Kier molecular flexibility index (Phi) is 5.03. The average Bonchev–Trinajstić information content (AvgIpc) is 2.90. The number of benzene rings is 1. The highest BCUT2D eigenvalue weighted by Gasteiger charge is 2.33. The van der Waals surface area contributed by atoms with E-state index >= 15 is 0 Å². The molecule has 1 amide bonds. The van der Waals surface area contributed by atoms with Crippen LogP contribution in [-0.2, 0) is 9.53 Å². The SMILES string of the molecule is CCCNC1COCC1C(=O)Nc1cccc(F)c1F. The summed E-state index contributed by atoms with van der Waals surface area (Å²) >= 11 is 0. The molecule has 20 heavy (non-hydrogen) atoms. The van der Waals surface area contributed by atoms with Crippen LogP contribution in [0.1, 0.15) is 13.3 Å². The number of rotatable bonds is 5. The highest BCUT2D eigenvalue weighted by Crippen LogP contribution is 2.20. The van der Waals surface area contributed by atoms with Crippen molar-refractivity contribution >= 4 is 11.6 Å². The van der Waals surface area contributed by atoms with Crippen molar-refractivity contribution < 1.29 is 18.3 Å². The van der Waals surface area contributed by atoms with Crippen LogP contribution >= 0.6 is 0 Å². The lowest BCUT2D eigenvalue weighted by Crippen LogP contribution is -2.41. The molecule has 1 aliphatic heterocycles. The summed E-state index contributed by atoms with van der Waals surface area (Å²) in [7, 11) is 0. The van der Waals surface area contributed by atoms with Crippen molar-refractivity contribution in [1.29, 1.82) is 0 Å². The van der Waals surface area contributed by atoms with Crippen LogP contribution < -0.4 is 10.6 Å². The molecule has 0 radical (unpaired) electrons. The predicted octanol–water partition coefficient (Wildman–Crippen LogP) is 1.92. The second-order valence-electron chi connectivity index (χ2n) is 4.80. The van der Waals surface area contributed by atoms with Gasteiger partial charge in [0, 0.05) is 6.04 Å².